The largest absolute Gasteiger partial charge is 0.444 e. The van der Waals surface area contributed by atoms with Crippen molar-refractivity contribution in [2.75, 3.05) is 13.1 Å². The van der Waals surface area contributed by atoms with Gasteiger partial charge in [-0.05, 0) is 78.1 Å². The maximum atomic E-state index is 12.5. The van der Waals surface area contributed by atoms with Gasteiger partial charge in [0.15, 0.2) is 0 Å². The van der Waals surface area contributed by atoms with Crippen LogP contribution in [0.25, 0.3) is 0 Å². The van der Waals surface area contributed by atoms with Gasteiger partial charge in [-0.2, -0.15) is 0 Å². The quantitative estimate of drug-likeness (QED) is 0.679. The van der Waals surface area contributed by atoms with Gasteiger partial charge < -0.3 is 19.7 Å². The highest BCUT2D eigenvalue weighted by atomic mass is 79.9. The van der Waals surface area contributed by atoms with E-state index >= 15 is 0 Å². The lowest BCUT2D eigenvalue weighted by Gasteiger charge is -2.50. The average molecular weight is 455 g/mol. The molecule has 2 rings (SSSR count). The molecule has 0 unspecified atom stereocenters. The van der Waals surface area contributed by atoms with Crippen LogP contribution in [-0.2, 0) is 15.0 Å². The predicted octanol–water partition coefficient (Wildman–Crippen LogP) is 5.04. The molecule has 1 aromatic carbocycles. The molecule has 2 amide bonds. The summed E-state index contributed by atoms with van der Waals surface area (Å²) in [5.74, 6) is 0. The zero-order valence-corrected chi connectivity index (χ0v) is 19.6. The minimum Gasteiger partial charge on any atom is -0.444 e. The molecule has 0 spiro atoms. The summed E-state index contributed by atoms with van der Waals surface area (Å²) < 4.78 is 11.9. The lowest BCUT2D eigenvalue weighted by molar-refractivity contribution is -0.0231. The number of ether oxygens (including phenoxy) is 2. The maximum absolute atomic E-state index is 12.5. The number of hydrogen-bond acceptors (Lipinski definition) is 4. The second-order valence-corrected chi connectivity index (χ2v) is 10.3. The van der Waals surface area contributed by atoms with Crippen LogP contribution >= 0.6 is 15.9 Å². The van der Waals surface area contributed by atoms with Crippen LogP contribution in [0.15, 0.2) is 16.6 Å². The van der Waals surface area contributed by atoms with Crippen molar-refractivity contribution in [3.63, 3.8) is 0 Å². The molecule has 6 nitrogen and oxygen atoms in total. The number of halogens is 1. The lowest BCUT2D eigenvalue weighted by atomic mass is 9.80. The molecule has 1 aliphatic heterocycles. The van der Waals surface area contributed by atoms with Gasteiger partial charge in [-0.25, -0.2) is 9.59 Å². The molecule has 0 atom stereocenters. The number of carbonyl (C=O) groups is 2. The van der Waals surface area contributed by atoms with Crippen LogP contribution in [0.5, 0.6) is 0 Å². The SMILES string of the molecule is Cc1cc(C)c(C2(NC(=O)OC(C)(C)C)CN(C(=O)OC(C)(C)C)C2)cc1Br. The van der Waals surface area contributed by atoms with Gasteiger partial charge in [-0.3, -0.25) is 0 Å². The number of benzene rings is 1. The van der Waals surface area contributed by atoms with E-state index in [9.17, 15) is 9.59 Å². The van der Waals surface area contributed by atoms with Crippen molar-refractivity contribution in [1.82, 2.24) is 10.2 Å². The minimum absolute atomic E-state index is 0.317. The number of aryl methyl sites for hydroxylation is 2. The van der Waals surface area contributed by atoms with Gasteiger partial charge in [-0.1, -0.05) is 22.0 Å². The number of hydrogen-bond donors (Lipinski definition) is 1. The molecule has 156 valence electrons. The van der Waals surface area contributed by atoms with Crippen molar-refractivity contribution in [3.8, 4) is 0 Å². The van der Waals surface area contributed by atoms with E-state index in [0.29, 0.717) is 13.1 Å². The van der Waals surface area contributed by atoms with Gasteiger partial charge in [0.25, 0.3) is 0 Å². The molecule has 1 aliphatic rings. The van der Waals surface area contributed by atoms with Crippen molar-refractivity contribution in [1.29, 1.82) is 0 Å². The number of alkyl carbamates (subject to hydrolysis) is 1. The Labute approximate surface area is 176 Å². The Bertz CT molecular complexity index is 772. The third-order valence-electron chi connectivity index (χ3n) is 4.33. The molecule has 1 heterocycles. The van der Waals surface area contributed by atoms with Crippen molar-refractivity contribution in [3.05, 3.63) is 33.3 Å². The third kappa shape index (κ3) is 5.40. The molecule has 7 heteroatoms. The number of nitrogens with one attached hydrogen (secondary N) is 1. The van der Waals surface area contributed by atoms with E-state index in [1.165, 1.54) is 0 Å². The molecule has 1 fully saturated rings. The molecule has 0 aliphatic carbocycles. The van der Waals surface area contributed by atoms with Crippen molar-refractivity contribution >= 4 is 28.1 Å². The van der Waals surface area contributed by atoms with Gasteiger partial charge in [0.1, 0.15) is 16.7 Å². The lowest BCUT2D eigenvalue weighted by Crippen LogP contribution is -2.69. The smallest absolute Gasteiger partial charge is 0.410 e. The Hall–Kier alpha value is -1.76. The number of amides is 2. The first-order valence-electron chi connectivity index (χ1n) is 9.38. The average Bonchev–Trinajstić information content (AvgIpc) is 2.42. The minimum atomic E-state index is -0.723. The highest BCUT2D eigenvalue weighted by molar-refractivity contribution is 9.10. The summed E-state index contributed by atoms with van der Waals surface area (Å²) >= 11 is 3.58. The maximum Gasteiger partial charge on any atom is 0.410 e. The summed E-state index contributed by atoms with van der Waals surface area (Å²) in [7, 11) is 0. The topological polar surface area (TPSA) is 67.9 Å². The zero-order valence-electron chi connectivity index (χ0n) is 18.0. The Balaban J connectivity index is 2.30. The summed E-state index contributed by atoms with van der Waals surface area (Å²) in [5, 5.41) is 3.01. The fourth-order valence-corrected chi connectivity index (χ4v) is 3.56. The molecule has 0 radical (unpaired) electrons. The van der Waals surface area contributed by atoms with Crippen molar-refractivity contribution < 1.29 is 19.1 Å². The summed E-state index contributed by atoms with van der Waals surface area (Å²) in [6, 6.07) is 4.07. The second-order valence-electron chi connectivity index (χ2n) is 9.46. The molecule has 1 aromatic rings. The third-order valence-corrected chi connectivity index (χ3v) is 5.19. The van der Waals surface area contributed by atoms with Crippen molar-refractivity contribution in [2.45, 2.75) is 72.1 Å². The van der Waals surface area contributed by atoms with Crippen LogP contribution in [0.4, 0.5) is 9.59 Å². The normalized spacial score (nSPS) is 16.2. The molecule has 0 bridgehead atoms. The van der Waals surface area contributed by atoms with E-state index in [1.807, 2.05) is 61.5 Å². The highest BCUT2D eigenvalue weighted by Gasteiger charge is 2.50. The van der Waals surface area contributed by atoms with Crippen molar-refractivity contribution in [2.24, 2.45) is 0 Å². The molecular formula is C21H31BrN2O4. The van der Waals surface area contributed by atoms with Gasteiger partial charge in [0.05, 0.1) is 13.1 Å². The van der Waals surface area contributed by atoms with Gasteiger partial charge in [0, 0.05) is 4.47 Å². The predicted molar refractivity (Wildman–Crippen MR) is 112 cm³/mol. The van der Waals surface area contributed by atoms with E-state index in [4.69, 9.17) is 9.47 Å². The Morgan fingerprint density at radius 1 is 1.00 bits per heavy atom. The van der Waals surface area contributed by atoms with Crippen LogP contribution < -0.4 is 5.32 Å². The second kappa shape index (κ2) is 7.58. The molecule has 0 aromatic heterocycles. The highest BCUT2D eigenvalue weighted by Crippen LogP contribution is 2.37. The van der Waals surface area contributed by atoms with E-state index in [0.717, 1.165) is 21.2 Å². The van der Waals surface area contributed by atoms with Crippen LogP contribution in [-0.4, -0.2) is 41.4 Å². The summed E-state index contributed by atoms with van der Waals surface area (Å²) in [6.07, 6.45) is -0.898. The first kappa shape index (κ1) is 22.5. The molecular weight excluding hydrogens is 424 g/mol. The van der Waals surface area contributed by atoms with Crippen LogP contribution in [0.3, 0.4) is 0 Å². The summed E-state index contributed by atoms with van der Waals surface area (Å²) in [6.45, 7) is 15.6. The monoisotopic (exact) mass is 454 g/mol. The molecule has 1 N–H and O–H groups in total. The van der Waals surface area contributed by atoms with Crippen LogP contribution in [0, 0.1) is 13.8 Å². The van der Waals surface area contributed by atoms with E-state index in [2.05, 4.69) is 27.3 Å². The molecule has 1 saturated heterocycles. The van der Waals surface area contributed by atoms with E-state index < -0.39 is 28.9 Å². The van der Waals surface area contributed by atoms with Crippen LogP contribution in [0.1, 0.15) is 58.2 Å². The van der Waals surface area contributed by atoms with Crippen LogP contribution in [0.2, 0.25) is 0 Å². The standard InChI is InChI=1S/C21H31BrN2O4/c1-13-9-14(2)16(22)10-15(13)21(23-17(25)27-19(3,4)5)11-24(12-21)18(26)28-20(6,7)8/h9-10H,11-12H2,1-8H3,(H,23,25). The van der Waals surface area contributed by atoms with Gasteiger partial charge >= 0.3 is 12.2 Å². The number of carbonyl (C=O) groups excluding carboxylic acids is 2. The zero-order chi connectivity index (χ0) is 21.5. The fourth-order valence-electron chi connectivity index (χ4n) is 3.22. The summed E-state index contributed by atoms with van der Waals surface area (Å²) in [4.78, 5) is 26.6. The van der Waals surface area contributed by atoms with E-state index in [1.54, 1.807) is 4.90 Å². The Kier molecular flexibility index (Phi) is 6.10. The fraction of sp³-hybridized carbons (Fsp3) is 0.619. The van der Waals surface area contributed by atoms with Gasteiger partial charge in [-0.15, -0.1) is 0 Å². The number of nitrogens with zero attached hydrogens (tertiary/aromatic N) is 1. The number of likely N-dealkylation sites (tertiary alicyclic amines) is 1. The first-order valence-corrected chi connectivity index (χ1v) is 10.2. The van der Waals surface area contributed by atoms with E-state index in [-0.39, 0.29) is 0 Å². The number of rotatable bonds is 2. The first-order chi connectivity index (χ1) is 12.6. The molecule has 0 saturated carbocycles. The van der Waals surface area contributed by atoms with Gasteiger partial charge in [0.2, 0.25) is 0 Å². The summed E-state index contributed by atoms with van der Waals surface area (Å²) in [5.41, 5.74) is 1.20. The Morgan fingerprint density at radius 3 is 2.04 bits per heavy atom. The molecule has 28 heavy (non-hydrogen) atoms. The Morgan fingerprint density at radius 2 is 1.54 bits per heavy atom.